The van der Waals surface area contributed by atoms with Gasteiger partial charge in [0.2, 0.25) is 0 Å². The molecule has 0 saturated carbocycles. The van der Waals surface area contributed by atoms with Crippen molar-refractivity contribution in [2.24, 2.45) is 17.3 Å². The highest BCUT2D eigenvalue weighted by Gasteiger charge is 2.57. The lowest BCUT2D eigenvalue weighted by Crippen LogP contribution is -2.38. The van der Waals surface area contributed by atoms with Crippen LogP contribution >= 0.6 is 0 Å². The fourth-order valence-corrected chi connectivity index (χ4v) is 2.53. The van der Waals surface area contributed by atoms with E-state index in [0.717, 1.165) is 0 Å². The maximum absolute atomic E-state index is 12.9. The zero-order valence-electron chi connectivity index (χ0n) is 20.4. The number of alkyl halides is 10. The summed E-state index contributed by atoms with van der Waals surface area (Å²) < 4.78 is 145. The molecule has 0 fully saturated rings. The second kappa shape index (κ2) is 15.6. The van der Waals surface area contributed by atoms with E-state index in [0.29, 0.717) is 0 Å². The molecule has 0 bridgehead atoms. The standard InChI is InChI=1S/C21H34F10O6/c1-15(8-36-11-16(7-32)10-34-5-3-18(22,23)20(26,27)28)9-37-14-17(2,12-33)13-35-6-4-19(24,25)21(29,30)31/h15-16,32-33H,3-14H2,1-2H3. The van der Waals surface area contributed by atoms with Gasteiger partial charge in [-0.15, -0.1) is 0 Å². The Hall–Kier alpha value is -0.940. The molecular weight excluding hydrogens is 538 g/mol. The lowest BCUT2D eigenvalue weighted by Gasteiger charge is -2.28. The van der Waals surface area contributed by atoms with Crippen molar-refractivity contribution in [1.29, 1.82) is 0 Å². The lowest BCUT2D eigenvalue weighted by molar-refractivity contribution is -0.287. The molecule has 0 aromatic rings. The Morgan fingerprint density at radius 1 is 0.622 bits per heavy atom. The summed E-state index contributed by atoms with van der Waals surface area (Å²) in [4.78, 5) is 0. The van der Waals surface area contributed by atoms with Gasteiger partial charge in [0.1, 0.15) is 0 Å². The molecule has 0 spiro atoms. The topological polar surface area (TPSA) is 77.4 Å². The first kappa shape index (κ1) is 36.1. The normalized spacial score (nSPS) is 17.0. The van der Waals surface area contributed by atoms with Gasteiger partial charge in [0.05, 0.1) is 66.1 Å². The molecule has 0 aliphatic carbocycles. The Kier molecular flexibility index (Phi) is 15.2. The Morgan fingerprint density at radius 3 is 1.51 bits per heavy atom. The molecule has 3 atom stereocenters. The molecule has 2 N–H and O–H groups in total. The zero-order valence-corrected chi connectivity index (χ0v) is 20.4. The van der Waals surface area contributed by atoms with E-state index in [2.05, 4.69) is 0 Å². The molecule has 0 aromatic heterocycles. The molecule has 6 nitrogen and oxygen atoms in total. The van der Waals surface area contributed by atoms with Crippen molar-refractivity contribution < 1.29 is 73.1 Å². The fraction of sp³-hybridized carbons (Fsp3) is 1.00. The molecule has 0 radical (unpaired) electrons. The highest BCUT2D eigenvalue weighted by molar-refractivity contribution is 4.77. The monoisotopic (exact) mass is 572 g/mol. The highest BCUT2D eigenvalue weighted by atomic mass is 19.4. The maximum atomic E-state index is 12.9. The van der Waals surface area contributed by atoms with Gasteiger partial charge in [0.15, 0.2) is 0 Å². The van der Waals surface area contributed by atoms with Crippen LogP contribution in [0.4, 0.5) is 43.9 Å². The van der Waals surface area contributed by atoms with E-state index in [-0.39, 0.29) is 45.6 Å². The van der Waals surface area contributed by atoms with Crippen LogP contribution in [-0.4, -0.2) is 100 Å². The molecule has 0 aliphatic heterocycles. The van der Waals surface area contributed by atoms with Crippen molar-refractivity contribution in [3.05, 3.63) is 0 Å². The third-order valence-electron chi connectivity index (χ3n) is 5.00. The van der Waals surface area contributed by atoms with Crippen LogP contribution in [0.5, 0.6) is 0 Å². The van der Waals surface area contributed by atoms with Gasteiger partial charge in [0.25, 0.3) is 0 Å². The van der Waals surface area contributed by atoms with Crippen LogP contribution < -0.4 is 0 Å². The van der Waals surface area contributed by atoms with Crippen molar-refractivity contribution in [1.82, 2.24) is 0 Å². The van der Waals surface area contributed by atoms with E-state index >= 15 is 0 Å². The van der Waals surface area contributed by atoms with Crippen LogP contribution in [0.15, 0.2) is 0 Å². The molecule has 0 heterocycles. The smallest absolute Gasteiger partial charge is 0.396 e. The zero-order chi connectivity index (χ0) is 29.0. The summed E-state index contributed by atoms with van der Waals surface area (Å²) in [7, 11) is 0. The third kappa shape index (κ3) is 14.1. The van der Waals surface area contributed by atoms with Crippen LogP contribution in [0.25, 0.3) is 0 Å². The van der Waals surface area contributed by atoms with Gasteiger partial charge in [-0.25, -0.2) is 0 Å². The molecular formula is C21H34F10O6. The minimum atomic E-state index is -5.68. The minimum Gasteiger partial charge on any atom is -0.396 e. The van der Waals surface area contributed by atoms with Crippen molar-refractivity contribution in [3.63, 3.8) is 0 Å². The van der Waals surface area contributed by atoms with E-state index in [1.165, 1.54) is 6.92 Å². The number of halogens is 10. The van der Waals surface area contributed by atoms with E-state index in [1.807, 2.05) is 0 Å². The first-order valence-corrected chi connectivity index (χ1v) is 11.2. The highest BCUT2D eigenvalue weighted by Crippen LogP contribution is 2.38. The predicted octanol–water partition coefficient (Wildman–Crippen LogP) is 4.47. The van der Waals surface area contributed by atoms with E-state index < -0.39 is 74.8 Å². The summed E-state index contributed by atoms with van der Waals surface area (Å²) in [5, 5.41) is 18.8. The third-order valence-corrected chi connectivity index (χ3v) is 5.00. The van der Waals surface area contributed by atoms with Crippen LogP contribution in [-0.2, 0) is 18.9 Å². The van der Waals surface area contributed by atoms with Gasteiger partial charge >= 0.3 is 24.2 Å². The average Bonchev–Trinajstić information content (AvgIpc) is 2.76. The quantitative estimate of drug-likeness (QED) is 0.166. The fourth-order valence-electron chi connectivity index (χ4n) is 2.53. The Morgan fingerprint density at radius 2 is 1.05 bits per heavy atom. The van der Waals surface area contributed by atoms with E-state index in [9.17, 15) is 54.1 Å². The van der Waals surface area contributed by atoms with Crippen LogP contribution in [0.2, 0.25) is 0 Å². The van der Waals surface area contributed by atoms with Gasteiger partial charge in [0, 0.05) is 30.1 Å². The minimum absolute atomic E-state index is 0.0821. The number of hydrogen-bond donors (Lipinski definition) is 2. The van der Waals surface area contributed by atoms with Crippen molar-refractivity contribution in [2.45, 2.75) is 50.9 Å². The number of ether oxygens (including phenoxy) is 4. The van der Waals surface area contributed by atoms with Crippen molar-refractivity contribution in [3.8, 4) is 0 Å². The van der Waals surface area contributed by atoms with Crippen molar-refractivity contribution >= 4 is 0 Å². The van der Waals surface area contributed by atoms with Crippen LogP contribution in [0, 0.1) is 17.3 Å². The Balaban J connectivity index is 4.19. The van der Waals surface area contributed by atoms with Crippen molar-refractivity contribution in [2.75, 3.05) is 66.1 Å². The average molecular weight is 572 g/mol. The van der Waals surface area contributed by atoms with Gasteiger partial charge in [-0.2, -0.15) is 43.9 Å². The van der Waals surface area contributed by atoms with E-state index in [4.69, 9.17) is 18.9 Å². The number of hydrogen-bond acceptors (Lipinski definition) is 6. The Labute approximate surface area is 208 Å². The number of rotatable bonds is 20. The molecule has 37 heavy (non-hydrogen) atoms. The maximum Gasteiger partial charge on any atom is 0.453 e. The summed E-state index contributed by atoms with van der Waals surface area (Å²) in [6.45, 7) is -0.184. The molecule has 0 amide bonds. The second-order valence-electron chi connectivity index (χ2n) is 9.21. The summed E-state index contributed by atoms with van der Waals surface area (Å²) in [6.07, 6.45) is -14.5. The largest absolute Gasteiger partial charge is 0.453 e. The van der Waals surface area contributed by atoms with E-state index in [1.54, 1.807) is 6.92 Å². The summed E-state index contributed by atoms with van der Waals surface area (Å²) in [5.41, 5.74) is -1.07. The first-order chi connectivity index (χ1) is 16.8. The lowest BCUT2D eigenvalue weighted by atomic mass is 9.94. The van der Waals surface area contributed by atoms with Gasteiger partial charge < -0.3 is 29.2 Å². The molecule has 3 unspecified atom stereocenters. The summed E-state index contributed by atoms with van der Waals surface area (Å²) in [6, 6.07) is 0. The van der Waals surface area contributed by atoms with Crippen LogP contribution in [0.3, 0.4) is 0 Å². The summed E-state index contributed by atoms with van der Waals surface area (Å²) >= 11 is 0. The first-order valence-electron chi connectivity index (χ1n) is 11.2. The molecule has 224 valence electrons. The second-order valence-corrected chi connectivity index (χ2v) is 9.21. The van der Waals surface area contributed by atoms with Gasteiger partial charge in [-0.1, -0.05) is 13.8 Å². The molecule has 0 aliphatic rings. The number of aliphatic hydroxyl groups is 2. The summed E-state index contributed by atoms with van der Waals surface area (Å²) in [5.74, 6) is -10.7. The SMILES string of the molecule is CC(COCC(CO)COCCC(F)(F)C(F)(F)F)COCC(C)(CO)COCCC(F)(F)C(F)(F)F. The molecule has 16 heteroatoms. The predicted molar refractivity (Wildman–Crippen MR) is 109 cm³/mol. The van der Waals surface area contributed by atoms with Crippen LogP contribution in [0.1, 0.15) is 26.7 Å². The van der Waals surface area contributed by atoms with Gasteiger partial charge in [-0.3, -0.25) is 0 Å². The Bertz CT molecular complexity index is 618. The molecule has 0 aromatic carbocycles. The van der Waals surface area contributed by atoms with Gasteiger partial charge in [-0.05, 0) is 0 Å². The molecule has 0 rings (SSSR count). The number of aliphatic hydroxyl groups excluding tert-OH is 2. The molecule has 0 saturated heterocycles.